The molecule has 0 spiro atoms. The van der Waals surface area contributed by atoms with Crippen molar-refractivity contribution in [3.63, 3.8) is 0 Å². The van der Waals surface area contributed by atoms with Gasteiger partial charge in [-0.1, -0.05) is 54.1 Å². The first-order valence-corrected chi connectivity index (χ1v) is 9.59. The van der Waals surface area contributed by atoms with Crippen LogP contribution in [-0.4, -0.2) is 46.2 Å². The average Bonchev–Trinajstić information content (AvgIpc) is 2.72. The summed E-state index contributed by atoms with van der Waals surface area (Å²) in [5.74, 6) is -3.60. The van der Waals surface area contributed by atoms with Crippen LogP contribution in [0, 0.1) is 0 Å². The van der Waals surface area contributed by atoms with Crippen LogP contribution >= 0.6 is 11.6 Å². The first-order chi connectivity index (χ1) is 14.7. The Balaban J connectivity index is 1.99. The van der Waals surface area contributed by atoms with E-state index in [2.05, 4.69) is 10.6 Å². The molecule has 0 unspecified atom stereocenters. The van der Waals surface area contributed by atoms with Gasteiger partial charge in [-0.05, 0) is 23.3 Å². The minimum Gasteiger partial charge on any atom is -0.481 e. The molecular formula is C21H21ClN2O7. The molecule has 4 N–H and O–H groups in total. The van der Waals surface area contributed by atoms with Gasteiger partial charge in [0.05, 0.1) is 6.42 Å². The molecule has 10 heteroatoms. The Hall–Kier alpha value is -3.59. The molecule has 0 radical (unpaired) electrons. The fourth-order valence-electron chi connectivity index (χ4n) is 2.62. The molecule has 2 aromatic carbocycles. The number of rotatable bonds is 10. The molecule has 0 aliphatic heterocycles. The summed E-state index contributed by atoms with van der Waals surface area (Å²) in [6, 6.07) is 12.3. The van der Waals surface area contributed by atoms with E-state index in [-0.39, 0.29) is 13.0 Å². The van der Waals surface area contributed by atoms with E-state index in [1.54, 1.807) is 54.6 Å². The fraction of sp³-hybridized carbons (Fsp3) is 0.238. The quantitative estimate of drug-likeness (QED) is 0.436. The molecule has 0 heterocycles. The van der Waals surface area contributed by atoms with Crippen molar-refractivity contribution >= 4 is 35.5 Å². The third-order valence-corrected chi connectivity index (χ3v) is 4.42. The molecule has 31 heavy (non-hydrogen) atoms. The number of carboxylic acids is 2. The van der Waals surface area contributed by atoms with Crippen LogP contribution in [0.4, 0.5) is 4.79 Å². The van der Waals surface area contributed by atoms with E-state index in [1.165, 1.54) is 0 Å². The smallest absolute Gasteiger partial charge is 0.408 e. The van der Waals surface area contributed by atoms with Gasteiger partial charge in [-0.3, -0.25) is 9.59 Å². The maximum atomic E-state index is 12.5. The predicted molar refractivity (Wildman–Crippen MR) is 111 cm³/mol. The third kappa shape index (κ3) is 8.35. The second-order valence-electron chi connectivity index (χ2n) is 6.59. The van der Waals surface area contributed by atoms with Crippen LogP contribution in [0.15, 0.2) is 54.6 Å². The van der Waals surface area contributed by atoms with Crippen LogP contribution in [0.25, 0.3) is 0 Å². The molecule has 2 aromatic rings. The van der Waals surface area contributed by atoms with E-state index in [0.717, 1.165) is 0 Å². The van der Waals surface area contributed by atoms with E-state index in [4.69, 9.17) is 21.4 Å². The van der Waals surface area contributed by atoms with Gasteiger partial charge < -0.3 is 25.6 Å². The molecule has 2 atom stereocenters. The van der Waals surface area contributed by atoms with Crippen LogP contribution in [0.2, 0.25) is 5.02 Å². The normalized spacial score (nSPS) is 12.3. The van der Waals surface area contributed by atoms with Crippen molar-refractivity contribution in [1.29, 1.82) is 0 Å². The standard InChI is InChI=1S/C21H21ClN2O7/c22-15-8-6-14(7-9-15)12-31-21(30)24-16(11-18(25)26)19(27)23-17(20(28)29)10-13-4-2-1-3-5-13/h1-9,16-17H,10-12H2,(H,23,27)(H,24,30)(H,25,26)(H,28,29)/t16-,17-/m0/s1. The van der Waals surface area contributed by atoms with Crippen LogP contribution in [-0.2, 0) is 32.1 Å². The van der Waals surface area contributed by atoms with Crippen LogP contribution in [0.5, 0.6) is 0 Å². The molecule has 0 aliphatic rings. The van der Waals surface area contributed by atoms with Crippen LogP contribution in [0.3, 0.4) is 0 Å². The molecular weight excluding hydrogens is 428 g/mol. The molecule has 0 aliphatic carbocycles. The zero-order valence-electron chi connectivity index (χ0n) is 16.3. The highest BCUT2D eigenvalue weighted by atomic mass is 35.5. The monoisotopic (exact) mass is 448 g/mol. The van der Waals surface area contributed by atoms with Gasteiger partial charge in [0.2, 0.25) is 5.91 Å². The minimum atomic E-state index is -1.52. The minimum absolute atomic E-state index is 0.0112. The van der Waals surface area contributed by atoms with Gasteiger partial charge in [0.15, 0.2) is 0 Å². The first kappa shape index (κ1) is 23.7. The molecule has 0 aromatic heterocycles. The molecule has 2 amide bonds. The van der Waals surface area contributed by atoms with Crippen molar-refractivity contribution < 1.29 is 34.1 Å². The summed E-state index contributed by atoms with van der Waals surface area (Å²) in [4.78, 5) is 47.2. The van der Waals surface area contributed by atoms with E-state index >= 15 is 0 Å². The van der Waals surface area contributed by atoms with E-state index in [0.29, 0.717) is 16.1 Å². The largest absolute Gasteiger partial charge is 0.481 e. The number of hydrogen-bond acceptors (Lipinski definition) is 5. The fourth-order valence-corrected chi connectivity index (χ4v) is 2.75. The summed E-state index contributed by atoms with van der Waals surface area (Å²) in [5.41, 5.74) is 1.30. The van der Waals surface area contributed by atoms with Crippen molar-refractivity contribution in [2.75, 3.05) is 0 Å². The summed E-state index contributed by atoms with van der Waals surface area (Å²) < 4.78 is 5.00. The van der Waals surface area contributed by atoms with E-state index in [9.17, 15) is 24.3 Å². The molecule has 0 bridgehead atoms. The third-order valence-electron chi connectivity index (χ3n) is 4.17. The molecule has 0 fully saturated rings. The van der Waals surface area contributed by atoms with E-state index in [1.807, 2.05) is 0 Å². The highest BCUT2D eigenvalue weighted by molar-refractivity contribution is 6.30. The lowest BCUT2D eigenvalue weighted by Crippen LogP contribution is -2.53. The lowest BCUT2D eigenvalue weighted by Gasteiger charge is -2.20. The van der Waals surface area contributed by atoms with Crippen molar-refractivity contribution in [1.82, 2.24) is 10.6 Å². The summed E-state index contributed by atoms with van der Waals surface area (Å²) in [5, 5.41) is 23.4. The van der Waals surface area contributed by atoms with Crippen molar-refractivity contribution in [2.45, 2.75) is 31.5 Å². The Labute approximate surface area is 183 Å². The van der Waals surface area contributed by atoms with Gasteiger partial charge in [0.1, 0.15) is 18.7 Å². The topological polar surface area (TPSA) is 142 Å². The number of carboxylic acid groups (broad SMARTS) is 2. The summed E-state index contributed by atoms with van der Waals surface area (Å²) >= 11 is 5.78. The Morgan fingerprint density at radius 3 is 2.10 bits per heavy atom. The number of carbonyl (C=O) groups is 4. The van der Waals surface area contributed by atoms with Gasteiger partial charge in [-0.15, -0.1) is 0 Å². The summed E-state index contributed by atoms with van der Waals surface area (Å²) in [6.45, 7) is -0.129. The number of aliphatic carboxylic acids is 2. The number of halogens is 1. The first-order valence-electron chi connectivity index (χ1n) is 9.21. The van der Waals surface area contributed by atoms with Crippen molar-refractivity contribution in [3.8, 4) is 0 Å². The molecule has 0 saturated carbocycles. The zero-order valence-corrected chi connectivity index (χ0v) is 17.0. The maximum absolute atomic E-state index is 12.5. The SMILES string of the molecule is O=C(O)C[C@H](NC(=O)OCc1ccc(Cl)cc1)C(=O)N[C@@H](Cc1ccccc1)C(=O)O. The Morgan fingerprint density at radius 2 is 1.52 bits per heavy atom. The molecule has 164 valence electrons. The number of ether oxygens (including phenoxy) is 1. The number of alkyl carbamates (subject to hydrolysis) is 1. The second-order valence-corrected chi connectivity index (χ2v) is 7.02. The van der Waals surface area contributed by atoms with Crippen LogP contribution in [0.1, 0.15) is 17.5 Å². The highest BCUT2D eigenvalue weighted by Crippen LogP contribution is 2.10. The van der Waals surface area contributed by atoms with Gasteiger partial charge >= 0.3 is 18.0 Å². The Morgan fingerprint density at radius 1 is 0.871 bits per heavy atom. The molecule has 0 saturated heterocycles. The van der Waals surface area contributed by atoms with Crippen molar-refractivity contribution in [2.24, 2.45) is 0 Å². The number of carbonyl (C=O) groups excluding carboxylic acids is 2. The average molecular weight is 449 g/mol. The zero-order chi connectivity index (χ0) is 22.8. The highest BCUT2D eigenvalue weighted by Gasteiger charge is 2.29. The Kier molecular flexibility index (Phi) is 8.83. The van der Waals surface area contributed by atoms with Gasteiger partial charge in [-0.25, -0.2) is 9.59 Å². The number of nitrogens with one attached hydrogen (secondary N) is 2. The lowest BCUT2D eigenvalue weighted by atomic mass is 10.1. The Bertz CT molecular complexity index is 919. The molecule has 2 rings (SSSR count). The van der Waals surface area contributed by atoms with Gasteiger partial charge in [-0.2, -0.15) is 0 Å². The molecule has 9 nitrogen and oxygen atoms in total. The van der Waals surface area contributed by atoms with Gasteiger partial charge in [0, 0.05) is 11.4 Å². The number of amides is 2. The predicted octanol–water partition coefficient (Wildman–Crippen LogP) is 2.22. The van der Waals surface area contributed by atoms with Crippen molar-refractivity contribution in [3.05, 3.63) is 70.7 Å². The summed E-state index contributed by atoms with van der Waals surface area (Å²) in [6.07, 6.45) is -1.78. The number of hydrogen-bond donors (Lipinski definition) is 4. The van der Waals surface area contributed by atoms with Gasteiger partial charge in [0.25, 0.3) is 0 Å². The second kappa shape index (κ2) is 11.6. The lowest BCUT2D eigenvalue weighted by molar-refractivity contribution is -0.142. The summed E-state index contributed by atoms with van der Waals surface area (Å²) in [7, 11) is 0. The maximum Gasteiger partial charge on any atom is 0.408 e. The van der Waals surface area contributed by atoms with E-state index < -0.39 is 42.4 Å². The number of benzene rings is 2. The van der Waals surface area contributed by atoms with Crippen LogP contribution < -0.4 is 10.6 Å².